The highest BCUT2D eigenvalue weighted by Gasteiger charge is 2.28. The third-order valence-electron chi connectivity index (χ3n) is 3.39. The Morgan fingerprint density at radius 2 is 1.71 bits per heavy atom. The molecule has 0 radical (unpaired) electrons. The first-order chi connectivity index (χ1) is 11.2. The molecule has 0 unspecified atom stereocenters. The van der Waals surface area contributed by atoms with Gasteiger partial charge in [0.15, 0.2) is 5.75 Å². The second-order valence-electron chi connectivity index (χ2n) is 5.28. The summed E-state index contributed by atoms with van der Waals surface area (Å²) in [6.45, 7) is 4.55. The SMILES string of the molecule is CCCCN(CCCC)S(=O)(=O)c1cc(N[SH](=O)=O)cc(Cl)c1O. The molecule has 2 N–H and O–H groups in total. The molecule has 1 aromatic carbocycles. The van der Waals surface area contributed by atoms with Crippen LogP contribution in [0.1, 0.15) is 39.5 Å². The van der Waals surface area contributed by atoms with Gasteiger partial charge in [-0.15, -0.1) is 0 Å². The summed E-state index contributed by atoms with van der Waals surface area (Å²) in [6.07, 6.45) is 3.01. The normalized spacial score (nSPS) is 12.0. The molecule has 0 amide bonds. The van der Waals surface area contributed by atoms with Gasteiger partial charge in [0.05, 0.1) is 10.7 Å². The predicted octanol–water partition coefficient (Wildman–Crippen LogP) is 2.57. The molecule has 10 heteroatoms. The van der Waals surface area contributed by atoms with Crippen LogP contribution >= 0.6 is 11.6 Å². The van der Waals surface area contributed by atoms with Gasteiger partial charge in [-0.25, -0.2) is 16.8 Å². The largest absolute Gasteiger partial charge is 0.505 e. The Kier molecular flexibility index (Phi) is 8.28. The van der Waals surface area contributed by atoms with Crippen molar-refractivity contribution in [2.24, 2.45) is 0 Å². The average molecular weight is 399 g/mol. The number of halogens is 1. The van der Waals surface area contributed by atoms with Crippen LogP contribution in [-0.4, -0.2) is 39.3 Å². The van der Waals surface area contributed by atoms with Gasteiger partial charge >= 0.3 is 0 Å². The Hall–Kier alpha value is -1.03. The first-order valence-corrected chi connectivity index (χ1v) is 10.7. The van der Waals surface area contributed by atoms with E-state index in [0.29, 0.717) is 25.9 Å². The van der Waals surface area contributed by atoms with Crippen molar-refractivity contribution < 1.29 is 21.9 Å². The number of phenols is 1. The van der Waals surface area contributed by atoms with Crippen molar-refractivity contribution in [1.82, 2.24) is 4.31 Å². The van der Waals surface area contributed by atoms with Crippen molar-refractivity contribution >= 4 is 38.2 Å². The van der Waals surface area contributed by atoms with Crippen LogP contribution in [0, 0.1) is 0 Å². The molecule has 0 atom stereocenters. The number of rotatable bonds is 10. The molecule has 24 heavy (non-hydrogen) atoms. The van der Waals surface area contributed by atoms with Gasteiger partial charge in [-0.05, 0) is 25.0 Å². The van der Waals surface area contributed by atoms with Gasteiger partial charge in [0.1, 0.15) is 4.90 Å². The predicted molar refractivity (Wildman–Crippen MR) is 95.6 cm³/mol. The molecule has 0 saturated heterocycles. The molecule has 0 bridgehead atoms. The lowest BCUT2D eigenvalue weighted by Crippen LogP contribution is -2.33. The van der Waals surface area contributed by atoms with Crippen LogP contribution in [0.3, 0.4) is 0 Å². The van der Waals surface area contributed by atoms with E-state index in [2.05, 4.69) is 4.72 Å². The number of hydrogen-bond donors (Lipinski definition) is 3. The molecule has 7 nitrogen and oxygen atoms in total. The number of phenolic OH excluding ortho intramolecular Hbond substituents is 1. The molecule has 0 spiro atoms. The lowest BCUT2D eigenvalue weighted by Gasteiger charge is -2.23. The van der Waals surface area contributed by atoms with Crippen LogP contribution in [0.15, 0.2) is 17.0 Å². The molecule has 0 aliphatic heterocycles. The highest BCUT2D eigenvalue weighted by molar-refractivity contribution is 7.89. The van der Waals surface area contributed by atoms with E-state index in [4.69, 9.17) is 11.6 Å². The number of nitrogens with zero attached hydrogens (tertiary/aromatic N) is 1. The number of thiol groups is 1. The van der Waals surface area contributed by atoms with Gasteiger partial charge in [0.25, 0.3) is 0 Å². The molecular weight excluding hydrogens is 376 g/mol. The summed E-state index contributed by atoms with van der Waals surface area (Å²) in [5, 5.41) is 9.84. The Morgan fingerprint density at radius 1 is 1.17 bits per heavy atom. The fourth-order valence-electron chi connectivity index (χ4n) is 2.10. The van der Waals surface area contributed by atoms with Crippen LogP contribution < -0.4 is 4.72 Å². The molecule has 0 aliphatic carbocycles. The number of nitrogens with one attached hydrogen (secondary N) is 1. The van der Waals surface area contributed by atoms with E-state index < -0.39 is 31.6 Å². The monoisotopic (exact) mass is 398 g/mol. The Balaban J connectivity index is 3.33. The lowest BCUT2D eigenvalue weighted by atomic mass is 10.3. The van der Waals surface area contributed by atoms with E-state index in [9.17, 15) is 21.9 Å². The fourth-order valence-corrected chi connectivity index (χ4v) is 4.36. The summed E-state index contributed by atoms with van der Waals surface area (Å²) in [5.74, 6) is -0.582. The van der Waals surface area contributed by atoms with Crippen molar-refractivity contribution in [2.75, 3.05) is 17.8 Å². The zero-order valence-corrected chi connectivity index (χ0v) is 16.1. The second kappa shape index (κ2) is 9.45. The van der Waals surface area contributed by atoms with Crippen molar-refractivity contribution in [3.05, 3.63) is 17.2 Å². The Morgan fingerprint density at radius 3 is 2.17 bits per heavy atom. The van der Waals surface area contributed by atoms with Crippen molar-refractivity contribution in [3.8, 4) is 5.75 Å². The third-order valence-corrected chi connectivity index (χ3v) is 6.03. The van der Waals surface area contributed by atoms with E-state index in [-0.39, 0.29) is 10.7 Å². The van der Waals surface area contributed by atoms with Gasteiger partial charge in [-0.2, -0.15) is 4.31 Å². The van der Waals surface area contributed by atoms with Gasteiger partial charge in [0, 0.05) is 13.1 Å². The molecular formula is C14H23ClN2O5S2. The number of benzene rings is 1. The maximum atomic E-state index is 12.9. The summed E-state index contributed by atoms with van der Waals surface area (Å²) in [7, 11) is -6.97. The average Bonchev–Trinajstić information content (AvgIpc) is 2.49. The van der Waals surface area contributed by atoms with E-state index >= 15 is 0 Å². The molecule has 0 heterocycles. The summed E-state index contributed by atoms with van der Waals surface area (Å²) in [4.78, 5) is -0.401. The van der Waals surface area contributed by atoms with Crippen molar-refractivity contribution in [3.63, 3.8) is 0 Å². The fraction of sp³-hybridized carbons (Fsp3) is 0.571. The first-order valence-electron chi connectivity index (χ1n) is 7.67. The van der Waals surface area contributed by atoms with Crippen LogP contribution in [-0.2, 0) is 20.9 Å². The van der Waals surface area contributed by atoms with Gasteiger partial charge in [-0.1, -0.05) is 38.3 Å². The van der Waals surface area contributed by atoms with Gasteiger partial charge < -0.3 is 5.11 Å². The zero-order valence-electron chi connectivity index (χ0n) is 13.7. The molecule has 1 aromatic rings. The summed E-state index contributed by atoms with van der Waals surface area (Å²) >= 11 is 5.85. The second-order valence-corrected chi connectivity index (χ2v) is 8.34. The Bertz CT molecular complexity index is 719. The molecule has 0 aromatic heterocycles. The molecule has 1 rings (SSSR count). The molecule has 138 valence electrons. The topological polar surface area (TPSA) is 104 Å². The first kappa shape index (κ1) is 21.0. The number of anilines is 1. The van der Waals surface area contributed by atoms with Crippen LogP contribution in [0.4, 0.5) is 5.69 Å². The molecule has 0 fully saturated rings. The van der Waals surface area contributed by atoms with Crippen molar-refractivity contribution in [2.45, 2.75) is 44.4 Å². The number of sulfonamides is 1. The lowest BCUT2D eigenvalue weighted by molar-refractivity contribution is 0.390. The van der Waals surface area contributed by atoms with E-state index in [1.807, 2.05) is 13.8 Å². The third kappa shape index (κ3) is 5.51. The van der Waals surface area contributed by atoms with Crippen LogP contribution in [0.5, 0.6) is 5.75 Å². The highest BCUT2D eigenvalue weighted by atomic mass is 35.5. The highest BCUT2D eigenvalue weighted by Crippen LogP contribution is 2.36. The molecule has 0 aliphatic rings. The van der Waals surface area contributed by atoms with E-state index in [1.165, 1.54) is 4.31 Å². The maximum Gasteiger partial charge on any atom is 0.246 e. The molecule has 0 saturated carbocycles. The minimum absolute atomic E-state index is 0.0154. The standard InChI is InChI=1S/C14H23ClN2O5S2/c1-3-5-7-17(8-6-4-2)24(21,22)13-10-11(16-23(19)20)9-12(15)14(13)18/h9-10,18,23H,3-8H2,1-2H3,(H,16,19,20). The van der Waals surface area contributed by atoms with Crippen LogP contribution in [0.25, 0.3) is 0 Å². The van der Waals surface area contributed by atoms with E-state index in [1.54, 1.807) is 0 Å². The van der Waals surface area contributed by atoms with E-state index in [0.717, 1.165) is 25.0 Å². The smallest absolute Gasteiger partial charge is 0.246 e. The summed E-state index contributed by atoms with van der Waals surface area (Å²) < 4.78 is 50.8. The van der Waals surface area contributed by atoms with Gasteiger partial charge in [-0.3, -0.25) is 4.72 Å². The number of hydrogen-bond acceptors (Lipinski definition) is 5. The minimum Gasteiger partial charge on any atom is -0.505 e. The van der Waals surface area contributed by atoms with Crippen LogP contribution in [0.2, 0.25) is 5.02 Å². The quantitative estimate of drug-likeness (QED) is 0.415. The summed E-state index contributed by atoms with van der Waals surface area (Å²) in [6, 6.07) is 2.23. The van der Waals surface area contributed by atoms with Gasteiger partial charge in [0.2, 0.25) is 20.9 Å². The Labute approximate surface area is 149 Å². The maximum absolute atomic E-state index is 12.9. The van der Waals surface area contributed by atoms with Crippen molar-refractivity contribution in [1.29, 1.82) is 0 Å². The minimum atomic E-state index is -4.00. The number of unbranched alkanes of at least 4 members (excludes halogenated alkanes) is 2. The zero-order chi connectivity index (χ0) is 18.3. The number of aromatic hydroxyl groups is 1. The summed E-state index contributed by atoms with van der Waals surface area (Å²) in [5.41, 5.74) is -0.0154.